The first-order valence-electron chi connectivity index (χ1n) is 10.3. The van der Waals surface area contributed by atoms with Crippen LogP contribution in [-0.4, -0.2) is 30.1 Å². The van der Waals surface area contributed by atoms with Crippen molar-refractivity contribution in [2.45, 2.75) is 38.6 Å². The van der Waals surface area contributed by atoms with Gasteiger partial charge in [-0.2, -0.15) is 0 Å². The summed E-state index contributed by atoms with van der Waals surface area (Å²) in [7, 11) is 0. The van der Waals surface area contributed by atoms with Crippen LogP contribution < -0.4 is 20.5 Å². The van der Waals surface area contributed by atoms with Gasteiger partial charge in [-0.15, -0.1) is 0 Å². The van der Waals surface area contributed by atoms with E-state index < -0.39 is 12.0 Å². The van der Waals surface area contributed by atoms with Gasteiger partial charge < -0.3 is 25.6 Å². The Morgan fingerprint density at radius 3 is 2.37 bits per heavy atom. The second-order valence-electron chi connectivity index (χ2n) is 7.54. The molecule has 3 rings (SSSR count). The first-order chi connectivity index (χ1) is 14.5. The van der Waals surface area contributed by atoms with Gasteiger partial charge in [0.15, 0.2) is 6.04 Å². The zero-order valence-corrected chi connectivity index (χ0v) is 17.2. The van der Waals surface area contributed by atoms with E-state index in [1.165, 1.54) is 25.7 Å². The molecule has 0 bridgehead atoms. The molecule has 1 unspecified atom stereocenters. The van der Waals surface area contributed by atoms with Crippen molar-refractivity contribution in [1.82, 2.24) is 0 Å². The monoisotopic (exact) mass is 411 g/mol. The molecule has 0 spiro atoms. The molecule has 0 heterocycles. The van der Waals surface area contributed by atoms with Gasteiger partial charge in [0.25, 0.3) is 0 Å². The number of nitrogens with one attached hydrogen (secondary N) is 2. The van der Waals surface area contributed by atoms with Crippen molar-refractivity contribution in [3.05, 3.63) is 53.6 Å². The highest BCUT2D eigenvalue weighted by Gasteiger charge is 2.22. The molecular weight excluding hydrogens is 382 g/mol. The van der Waals surface area contributed by atoms with Gasteiger partial charge in [0.2, 0.25) is 0 Å². The largest absolute Gasteiger partial charge is 0.494 e. The molecule has 0 amide bonds. The van der Waals surface area contributed by atoms with E-state index in [-0.39, 0.29) is 5.84 Å². The molecule has 0 aromatic heterocycles. The van der Waals surface area contributed by atoms with Gasteiger partial charge in [-0.05, 0) is 67.6 Å². The van der Waals surface area contributed by atoms with Crippen molar-refractivity contribution in [2.24, 2.45) is 11.7 Å². The Kier molecular flexibility index (Phi) is 7.17. The molecule has 2 aromatic rings. The Hall–Kier alpha value is -3.22. The molecule has 30 heavy (non-hydrogen) atoms. The van der Waals surface area contributed by atoms with Gasteiger partial charge in [-0.1, -0.05) is 12.8 Å². The summed E-state index contributed by atoms with van der Waals surface area (Å²) in [5.41, 5.74) is 7.22. The number of ether oxygens (including phenoxy) is 2. The fraction of sp³-hybridized carbons (Fsp3) is 0.391. The topological polar surface area (TPSA) is 118 Å². The molecule has 1 aliphatic rings. The third-order valence-corrected chi connectivity index (χ3v) is 5.26. The van der Waals surface area contributed by atoms with Crippen LogP contribution in [0.15, 0.2) is 42.5 Å². The fourth-order valence-electron chi connectivity index (χ4n) is 3.69. The predicted molar refractivity (Wildman–Crippen MR) is 117 cm³/mol. The van der Waals surface area contributed by atoms with Crippen LogP contribution in [-0.2, 0) is 4.79 Å². The maximum Gasteiger partial charge on any atom is 0.330 e. The van der Waals surface area contributed by atoms with Crippen LogP contribution in [0, 0.1) is 11.3 Å². The maximum atomic E-state index is 12.0. The molecule has 0 radical (unpaired) electrons. The molecule has 7 heteroatoms. The highest BCUT2D eigenvalue weighted by Crippen LogP contribution is 2.31. The summed E-state index contributed by atoms with van der Waals surface area (Å²) >= 11 is 0. The Balaban J connectivity index is 1.82. The number of aliphatic carboxylic acids is 1. The van der Waals surface area contributed by atoms with E-state index in [0.29, 0.717) is 47.4 Å². The van der Waals surface area contributed by atoms with Crippen LogP contribution in [0.25, 0.3) is 0 Å². The first kappa shape index (κ1) is 21.5. The van der Waals surface area contributed by atoms with Crippen LogP contribution in [0.1, 0.15) is 49.8 Å². The first-order valence-corrected chi connectivity index (χ1v) is 10.3. The van der Waals surface area contributed by atoms with Crippen LogP contribution >= 0.6 is 0 Å². The van der Waals surface area contributed by atoms with Gasteiger partial charge in [-0.3, -0.25) is 5.41 Å². The van der Waals surface area contributed by atoms with Crippen LogP contribution in [0.3, 0.4) is 0 Å². The molecule has 7 nitrogen and oxygen atoms in total. The maximum absolute atomic E-state index is 12.0. The summed E-state index contributed by atoms with van der Waals surface area (Å²) in [5.74, 6) is 0.697. The van der Waals surface area contributed by atoms with Gasteiger partial charge in [0, 0.05) is 17.3 Å². The number of carboxylic acids is 1. The number of benzene rings is 2. The number of nitrogen functional groups attached to an aromatic ring is 1. The lowest BCUT2D eigenvalue weighted by molar-refractivity contribution is -0.138. The Morgan fingerprint density at radius 2 is 1.80 bits per heavy atom. The molecule has 1 atom stereocenters. The highest BCUT2D eigenvalue weighted by atomic mass is 16.5. The van der Waals surface area contributed by atoms with Crippen molar-refractivity contribution in [2.75, 3.05) is 18.5 Å². The van der Waals surface area contributed by atoms with Gasteiger partial charge in [0.05, 0.1) is 13.2 Å². The third kappa shape index (κ3) is 5.65. The molecule has 2 aromatic carbocycles. The average molecular weight is 412 g/mol. The average Bonchev–Trinajstić information content (AvgIpc) is 3.24. The lowest BCUT2D eigenvalue weighted by Crippen LogP contribution is -2.21. The predicted octanol–water partition coefficient (Wildman–Crippen LogP) is 4.18. The van der Waals surface area contributed by atoms with Gasteiger partial charge >= 0.3 is 5.97 Å². The minimum absolute atomic E-state index is 0.0372. The molecule has 1 fully saturated rings. The molecule has 1 aliphatic carbocycles. The second kappa shape index (κ2) is 10.0. The fourth-order valence-corrected chi connectivity index (χ4v) is 3.69. The second-order valence-corrected chi connectivity index (χ2v) is 7.54. The summed E-state index contributed by atoms with van der Waals surface area (Å²) in [5, 5.41) is 20.4. The van der Waals surface area contributed by atoms with E-state index in [9.17, 15) is 9.90 Å². The summed E-state index contributed by atoms with van der Waals surface area (Å²) in [6, 6.07) is 11.1. The molecule has 1 saturated carbocycles. The standard InChI is InChI=1S/C23H29N3O4/c1-2-29-19-11-17(12-20(13-19)30-14-15-5-3-4-6-15)21(23(27)28)26-18-9-7-16(8-10-18)22(24)25/h7-13,15,21,26H,2-6,14H2,1H3,(H3,24,25)(H,27,28). The third-order valence-electron chi connectivity index (χ3n) is 5.26. The highest BCUT2D eigenvalue weighted by molar-refractivity contribution is 5.95. The normalized spacial score (nSPS) is 14.8. The van der Waals surface area contributed by atoms with E-state index in [2.05, 4.69) is 5.32 Å². The minimum atomic E-state index is -1.01. The Labute approximate surface area is 176 Å². The van der Waals surface area contributed by atoms with Crippen molar-refractivity contribution in [3.63, 3.8) is 0 Å². The van der Waals surface area contributed by atoms with Crippen LogP contribution in [0.4, 0.5) is 5.69 Å². The van der Waals surface area contributed by atoms with Crippen molar-refractivity contribution < 1.29 is 19.4 Å². The lowest BCUT2D eigenvalue weighted by Gasteiger charge is -2.19. The number of amidine groups is 1. The van der Waals surface area contributed by atoms with Crippen molar-refractivity contribution in [1.29, 1.82) is 5.41 Å². The number of nitrogens with two attached hydrogens (primary N) is 1. The number of carboxylic acid groups (broad SMARTS) is 1. The Morgan fingerprint density at radius 1 is 1.17 bits per heavy atom. The lowest BCUT2D eigenvalue weighted by atomic mass is 10.0. The molecule has 5 N–H and O–H groups in total. The molecule has 0 aliphatic heterocycles. The summed E-state index contributed by atoms with van der Waals surface area (Å²) in [6.07, 6.45) is 4.83. The van der Waals surface area contributed by atoms with E-state index in [0.717, 1.165) is 0 Å². The van der Waals surface area contributed by atoms with Crippen molar-refractivity contribution >= 4 is 17.5 Å². The number of rotatable bonds is 10. The summed E-state index contributed by atoms with van der Waals surface area (Å²) in [4.78, 5) is 12.0. The molecular formula is C23H29N3O4. The van der Waals surface area contributed by atoms with Crippen LogP contribution in [0.5, 0.6) is 11.5 Å². The SMILES string of the molecule is CCOc1cc(OCC2CCCC2)cc(C(Nc2ccc(C(=N)N)cc2)C(=O)O)c1. The zero-order chi connectivity index (χ0) is 21.5. The van der Waals surface area contributed by atoms with E-state index in [1.807, 2.05) is 13.0 Å². The zero-order valence-electron chi connectivity index (χ0n) is 17.2. The van der Waals surface area contributed by atoms with Gasteiger partial charge in [0.1, 0.15) is 17.3 Å². The van der Waals surface area contributed by atoms with E-state index in [4.69, 9.17) is 20.6 Å². The summed E-state index contributed by atoms with van der Waals surface area (Å²) in [6.45, 7) is 2.99. The summed E-state index contributed by atoms with van der Waals surface area (Å²) < 4.78 is 11.6. The minimum Gasteiger partial charge on any atom is -0.494 e. The van der Waals surface area contributed by atoms with Crippen molar-refractivity contribution in [3.8, 4) is 11.5 Å². The van der Waals surface area contributed by atoms with E-state index in [1.54, 1.807) is 36.4 Å². The van der Waals surface area contributed by atoms with Gasteiger partial charge in [-0.25, -0.2) is 4.79 Å². The molecule has 160 valence electrons. The molecule has 0 saturated heterocycles. The van der Waals surface area contributed by atoms with E-state index >= 15 is 0 Å². The number of hydrogen-bond acceptors (Lipinski definition) is 5. The number of anilines is 1. The number of carbonyl (C=O) groups is 1. The Bertz CT molecular complexity index is 877. The van der Waals surface area contributed by atoms with Crippen LogP contribution in [0.2, 0.25) is 0 Å². The smallest absolute Gasteiger partial charge is 0.330 e. The quantitative estimate of drug-likeness (QED) is 0.344. The number of hydrogen-bond donors (Lipinski definition) is 4.